The van der Waals surface area contributed by atoms with Gasteiger partial charge in [0.05, 0.1) is 0 Å². The van der Waals surface area contributed by atoms with Crippen molar-refractivity contribution in [3.05, 3.63) is 109 Å². The first-order chi connectivity index (χ1) is 32.5. The number of ether oxygens (including phenoxy) is 3. The largest absolute Gasteiger partial charge is 0.462 e. The fourth-order valence-corrected chi connectivity index (χ4v) is 6.93. The second-order valence-corrected chi connectivity index (χ2v) is 17.4. The molecule has 1 unspecified atom stereocenters. The summed E-state index contributed by atoms with van der Waals surface area (Å²) in [4.78, 5) is 38.0. The van der Waals surface area contributed by atoms with Crippen molar-refractivity contribution >= 4 is 17.9 Å². The molecule has 0 saturated carbocycles. The predicted molar refractivity (Wildman–Crippen MR) is 283 cm³/mol. The molecule has 0 aromatic carbocycles. The van der Waals surface area contributed by atoms with Crippen molar-refractivity contribution in [2.75, 3.05) is 13.2 Å². The van der Waals surface area contributed by atoms with E-state index in [4.69, 9.17) is 14.2 Å². The van der Waals surface area contributed by atoms with Gasteiger partial charge in [-0.3, -0.25) is 14.4 Å². The molecule has 0 rings (SSSR count). The highest BCUT2D eigenvalue weighted by atomic mass is 16.6. The fraction of sp³-hybridized carbons (Fsp3) is 0.650. The van der Waals surface area contributed by atoms with Gasteiger partial charge in [0.25, 0.3) is 0 Å². The van der Waals surface area contributed by atoms with E-state index in [1.807, 2.05) is 0 Å². The number of hydrogen-bond donors (Lipinski definition) is 0. The van der Waals surface area contributed by atoms with Gasteiger partial charge in [-0.15, -0.1) is 0 Å². The highest BCUT2D eigenvalue weighted by molar-refractivity contribution is 5.71. The van der Waals surface area contributed by atoms with Crippen LogP contribution in [-0.4, -0.2) is 37.2 Å². The van der Waals surface area contributed by atoms with Crippen molar-refractivity contribution in [2.45, 2.75) is 239 Å². The molecule has 0 N–H and O–H groups in total. The Balaban J connectivity index is 4.49. The highest BCUT2D eigenvalue weighted by Gasteiger charge is 2.19. The number of allylic oxidation sites excluding steroid dienone is 18. The Bertz CT molecular complexity index is 1370. The van der Waals surface area contributed by atoms with Crippen molar-refractivity contribution in [1.82, 2.24) is 0 Å². The molecule has 6 nitrogen and oxygen atoms in total. The van der Waals surface area contributed by atoms with Crippen molar-refractivity contribution in [3.8, 4) is 0 Å². The van der Waals surface area contributed by atoms with Crippen LogP contribution in [0.5, 0.6) is 0 Å². The first-order valence-corrected chi connectivity index (χ1v) is 26.9. The molecule has 0 aliphatic rings. The lowest BCUT2D eigenvalue weighted by molar-refractivity contribution is -0.167. The first kappa shape index (κ1) is 62.1. The maximum atomic E-state index is 12.8. The van der Waals surface area contributed by atoms with Crippen LogP contribution in [0.1, 0.15) is 233 Å². The van der Waals surface area contributed by atoms with Crippen LogP contribution < -0.4 is 0 Å². The summed E-state index contributed by atoms with van der Waals surface area (Å²) in [7, 11) is 0. The maximum Gasteiger partial charge on any atom is 0.306 e. The zero-order valence-corrected chi connectivity index (χ0v) is 42.7. The summed E-state index contributed by atoms with van der Waals surface area (Å²) in [5.74, 6) is -0.975. The zero-order valence-electron chi connectivity index (χ0n) is 42.7. The van der Waals surface area contributed by atoms with Crippen LogP contribution in [0, 0.1) is 0 Å². The van der Waals surface area contributed by atoms with E-state index >= 15 is 0 Å². The van der Waals surface area contributed by atoms with Crippen molar-refractivity contribution in [1.29, 1.82) is 0 Å². The SMILES string of the molecule is CC/C=C\C/C=C\C/C=C\C/C=C\C/C=C\C/C=C\CCCCC(=O)OCC(COC(=O)CCCCCCC/C=C\CCCCCC)OC(=O)CCCCCCC/C=C\C/C=C\CCCC. The van der Waals surface area contributed by atoms with Gasteiger partial charge in [0.15, 0.2) is 6.10 Å². The molecule has 374 valence electrons. The van der Waals surface area contributed by atoms with E-state index < -0.39 is 6.10 Å². The van der Waals surface area contributed by atoms with Crippen LogP contribution in [0.3, 0.4) is 0 Å². The van der Waals surface area contributed by atoms with Crippen LogP contribution >= 0.6 is 0 Å². The second-order valence-electron chi connectivity index (χ2n) is 17.4. The van der Waals surface area contributed by atoms with Gasteiger partial charge < -0.3 is 14.2 Å². The molecule has 0 aromatic heterocycles. The minimum Gasteiger partial charge on any atom is -0.462 e. The van der Waals surface area contributed by atoms with Crippen LogP contribution in [0.15, 0.2) is 109 Å². The van der Waals surface area contributed by atoms with Crippen molar-refractivity contribution in [2.24, 2.45) is 0 Å². The smallest absolute Gasteiger partial charge is 0.306 e. The molecule has 0 aliphatic carbocycles. The molecule has 0 fully saturated rings. The summed E-state index contributed by atoms with van der Waals surface area (Å²) in [5, 5.41) is 0. The third-order valence-corrected chi connectivity index (χ3v) is 11.0. The third kappa shape index (κ3) is 51.1. The molecule has 66 heavy (non-hydrogen) atoms. The van der Waals surface area contributed by atoms with E-state index in [9.17, 15) is 14.4 Å². The van der Waals surface area contributed by atoms with Gasteiger partial charge in [-0.05, 0) is 122 Å². The van der Waals surface area contributed by atoms with E-state index in [0.717, 1.165) is 128 Å². The molecule has 0 saturated heterocycles. The minimum atomic E-state index is -0.808. The monoisotopic (exact) mass is 915 g/mol. The lowest BCUT2D eigenvalue weighted by atomic mass is 10.1. The predicted octanol–water partition coefficient (Wildman–Crippen LogP) is 17.9. The Labute approximate surface area is 406 Å². The Morgan fingerprint density at radius 2 is 0.606 bits per heavy atom. The minimum absolute atomic E-state index is 0.104. The molecule has 0 aromatic rings. The number of hydrogen-bond acceptors (Lipinski definition) is 6. The molecule has 0 heterocycles. The molecule has 0 amide bonds. The number of rotatable bonds is 47. The summed E-state index contributed by atoms with van der Waals surface area (Å²) in [6, 6.07) is 0. The summed E-state index contributed by atoms with van der Waals surface area (Å²) in [6.07, 6.45) is 72.1. The lowest BCUT2D eigenvalue weighted by Crippen LogP contribution is -2.30. The number of carbonyl (C=O) groups excluding carboxylic acids is 3. The van der Waals surface area contributed by atoms with Gasteiger partial charge in [0, 0.05) is 19.3 Å². The maximum absolute atomic E-state index is 12.8. The van der Waals surface area contributed by atoms with Crippen LogP contribution in [0.25, 0.3) is 0 Å². The normalized spacial score (nSPS) is 13.0. The Morgan fingerprint density at radius 3 is 1.02 bits per heavy atom. The number of esters is 3. The van der Waals surface area contributed by atoms with Gasteiger partial charge in [0.2, 0.25) is 0 Å². The van der Waals surface area contributed by atoms with Gasteiger partial charge in [-0.1, -0.05) is 201 Å². The van der Waals surface area contributed by atoms with Gasteiger partial charge in [-0.2, -0.15) is 0 Å². The lowest BCUT2D eigenvalue weighted by Gasteiger charge is -2.18. The molecular weight excluding hydrogens is 817 g/mol. The molecule has 0 spiro atoms. The molecule has 6 heteroatoms. The number of unbranched alkanes of at least 4 members (excludes halogenated alkanes) is 18. The van der Waals surface area contributed by atoms with Crippen LogP contribution in [-0.2, 0) is 28.6 Å². The average molecular weight is 915 g/mol. The molecular formula is C60H98O6. The highest BCUT2D eigenvalue weighted by Crippen LogP contribution is 2.13. The summed E-state index contributed by atoms with van der Waals surface area (Å²) >= 11 is 0. The quantitative estimate of drug-likeness (QED) is 0.0262. The summed E-state index contributed by atoms with van der Waals surface area (Å²) in [6.45, 7) is 6.40. The standard InChI is InChI=1S/C60H98O6/c1-4-7-10-13-16-19-22-25-27-28-29-30-31-32-33-36-38-41-44-47-50-53-59(62)65-56-57(55-64-58(61)52-49-46-43-40-37-34-24-21-18-15-12-9-6-3)66-60(63)54-51-48-45-42-39-35-26-23-20-17-14-11-8-5-2/h7,10,14,16-17,19,21,23-27,29-30,32-33,38,41,57H,4-6,8-9,11-13,15,18,20,22,28,31,34-37,39-40,42-56H2,1-3H3/b10-7-,17-14-,19-16-,24-21-,26-23-,27-25-,30-29-,33-32-,41-38-. The van der Waals surface area contributed by atoms with Crippen LogP contribution in [0.4, 0.5) is 0 Å². The molecule has 0 bridgehead atoms. The van der Waals surface area contributed by atoms with Gasteiger partial charge >= 0.3 is 17.9 Å². The first-order valence-electron chi connectivity index (χ1n) is 26.9. The summed E-state index contributed by atoms with van der Waals surface area (Å²) in [5.41, 5.74) is 0. The van der Waals surface area contributed by atoms with E-state index in [-0.39, 0.29) is 31.1 Å². The fourth-order valence-electron chi connectivity index (χ4n) is 6.93. The Morgan fingerprint density at radius 1 is 0.318 bits per heavy atom. The third-order valence-electron chi connectivity index (χ3n) is 11.0. The zero-order chi connectivity index (χ0) is 47.9. The summed E-state index contributed by atoms with van der Waals surface area (Å²) < 4.78 is 16.8. The van der Waals surface area contributed by atoms with E-state index in [1.54, 1.807) is 0 Å². The molecule has 0 aliphatic heterocycles. The topological polar surface area (TPSA) is 78.9 Å². The molecule has 1 atom stereocenters. The Hall–Kier alpha value is -3.93. The van der Waals surface area contributed by atoms with Crippen molar-refractivity contribution in [3.63, 3.8) is 0 Å². The van der Waals surface area contributed by atoms with E-state index in [0.29, 0.717) is 25.7 Å². The number of carbonyl (C=O) groups is 3. The van der Waals surface area contributed by atoms with Crippen molar-refractivity contribution < 1.29 is 28.6 Å². The Kier molecular flexibility index (Phi) is 50.5. The van der Waals surface area contributed by atoms with Gasteiger partial charge in [-0.25, -0.2) is 0 Å². The second kappa shape index (κ2) is 53.7. The average Bonchev–Trinajstić information content (AvgIpc) is 3.31. The molecule has 0 radical (unpaired) electrons. The van der Waals surface area contributed by atoms with Gasteiger partial charge in [0.1, 0.15) is 13.2 Å². The van der Waals surface area contributed by atoms with E-state index in [2.05, 4.69) is 130 Å². The van der Waals surface area contributed by atoms with Crippen LogP contribution in [0.2, 0.25) is 0 Å². The van der Waals surface area contributed by atoms with E-state index in [1.165, 1.54) is 57.8 Å².